The SMILES string of the molecule is CC(C)(C)CCN.O=CO. The van der Waals surface area contributed by atoms with Gasteiger partial charge in [0.05, 0.1) is 0 Å². The van der Waals surface area contributed by atoms with E-state index in [2.05, 4.69) is 20.8 Å². The third-order valence-electron chi connectivity index (χ3n) is 0.894. The van der Waals surface area contributed by atoms with Crippen molar-refractivity contribution in [2.24, 2.45) is 11.1 Å². The monoisotopic (exact) mass is 147 g/mol. The zero-order valence-corrected chi connectivity index (χ0v) is 6.92. The molecule has 0 atom stereocenters. The lowest BCUT2D eigenvalue weighted by Crippen LogP contribution is -2.12. The van der Waals surface area contributed by atoms with Gasteiger partial charge in [-0.05, 0) is 18.4 Å². The van der Waals surface area contributed by atoms with Crippen LogP contribution in [0.3, 0.4) is 0 Å². The minimum atomic E-state index is -0.250. The van der Waals surface area contributed by atoms with Gasteiger partial charge in [0.2, 0.25) is 0 Å². The number of hydrogen-bond acceptors (Lipinski definition) is 2. The highest BCUT2D eigenvalue weighted by atomic mass is 16.3. The van der Waals surface area contributed by atoms with Crippen molar-refractivity contribution >= 4 is 6.47 Å². The van der Waals surface area contributed by atoms with Crippen molar-refractivity contribution in [2.75, 3.05) is 6.54 Å². The minimum absolute atomic E-state index is 0.250. The predicted octanol–water partition coefficient (Wildman–Crippen LogP) is 1.08. The van der Waals surface area contributed by atoms with Crippen molar-refractivity contribution in [2.45, 2.75) is 27.2 Å². The standard InChI is InChI=1S/C6H15N.CH2O2/c1-6(2,3)4-5-7;2-1-3/h4-5,7H2,1-3H3;1H,(H,2,3). The maximum Gasteiger partial charge on any atom is 0.290 e. The summed E-state index contributed by atoms with van der Waals surface area (Å²) in [6, 6.07) is 0. The highest BCUT2D eigenvalue weighted by Gasteiger charge is 2.06. The first-order valence-electron chi connectivity index (χ1n) is 3.26. The average Bonchev–Trinajstić information content (AvgIpc) is 1.63. The van der Waals surface area contributed by atoms with E-state index in [1.54, 1.807) is 0 Å². The van der Waals surface area contributed by atoms with Gasteiger partial charge in [-0.3, -0.25) is 4.79 Å². The van der Waals surface area contributed by atoms with Crippen LogP contribution in [0.15, 0.2) is 0 Å². The first-order chi connectivity index (χ1) is 4.47. The summed E-state index contributed by atoms with van der Waals surface area (Å²) in [7, 11) is 0. The van der Waals surface area contributed by atoms with Gasteiger partial charge in [0.15, 0.2) is 0 Å². The van der Waals surface area contributed by atoms with Gasteiger partial charge < -0.3 is 10.8 Å². The third-order valence-corrected chi connectivity index (χ3v) is 0.894. The molecule has 0 fully saturated rings. The van der Waals surface area contributed by atoms with Crippen molar-refractivity contribution in [3.8, 4) is 0 Å². The lowest BCUT2D eigenvalue weighted by atomic mass is 9.93. The molecule has 0 aromatic rings. The molecule has 0 saturated carbocycles. The molecule has 0 aliphatic carbocycles. The van der Waals surface area contributed by atoms with Crippen LogP contribution in [-0.2, 0) is 4.79 Å². The molecule has 0 heterocycles. The molecule has 0 radical (unpaired) electrons. The number of carboxylic acid groups (broad SMARTS) is 1. The Hall–Kier alpha value is -0.570. The Balaban J connectivity index is 0. The zero-order chi connectivity index (χ0) is 8.62. The fourth-order valence-corrected chi connectivity index (χ4v) is 0.433. The van der Waals surface area contributed by atoms with E-state index in [1.165, 1.54) is 0 Å². The third kappa shape index (κ3) is 26.1. The largest absolute Gasteiger partial charge is 0.483 e. The lowest BCUT2D eigenvalue weighted by molar-refractivity contribution is -0.122. The molecule has 0 saturated heterocycles. The van der Waals surface area contributed by atoms with E-state index in [-0.39, 0.29) is 6.47 Å². The van der Waals surface area contributed by atoms with Crippen molar-refractivity contribution in [3.63, 3.8) is 0 Å². The van der Waals surface area contributed by atoms with E-state index >= 15 is 0 Å². The number of carbonyl (C=O) groups is 1. The molecule has 3 N–H and O–H groups in total. The van der Waals surface area contributed by atoms with Gasteiger partial charge in [0.1, 0.15) is 0 Å². The number of hydrogen-bond donors (Lipinski definition) is 2. The Kier molecular flexibility index (Phi) is 7.95. The van der Waals surface area contributed by atoms with E-state index < -0.39 is 0 Å². The molecule has 0 spiro atoms. The fraction of sp³-hybridized carbons (Fsp3) is 0.857. The van der Waals surface area contributed by atoms with Gasteiger partial charge in [-0.1, -0.05) is 20.8 Å². The van der Waals surface area contributed by atoms with Crippen molar-refractivity contribution in [1.82, 2.24) is 0 Å². The van der Waals surface area contributed by atoms with Crippen molar-refractivity contribution in [1.29, 1.82) is 0 Å². The predicted molar refractivity (Wildman–Crippen MR) is 41.8 cm³/mol. The molecular weight excluding hydrogens is 130 g/mol. The summed E-state index contributed by atoms with van der Waals surface area (Å²) < 4.78 is 0. The normalized spacial score (nSPS) is 9.60. The molecule has 0 aliphatic heterocycles. The molecule has 62 valence electrons. The first-order valence-corrected chi connectivity index (χ1v) is 3.26. The Bertz CT molecular complexity index is 76.2. The van der Waals surface area contributed by atoms with Gasteiger partial charge >= 0.3 is 0 Å². The summed E-state index contributed by atoms with van der Waals surface area (Å²) in [6.07, 6.45) is 1.12. The first kappa shape index (κ1) is 12.1. The molecule has 0 amide bonds. The molecule has 0 bridgehead atoms. The Morgan fingerprint density at radius 2 is 1.80 bits per heavy atom. The summed E-state index contributed by atoms with van der Waals surface area (Å²) in [5, 5.41) is 6.89. The van der Waals surface area contributed by atoms with Crippen molar-refractivity contribution in [3.05, 3.63) is 0 Å². The maximum atomic E-state index is 8.36. The number of nitrogens with two attached hydrogens (primary N) is 1. The van der Waals surface area contributed by atoms with E-state index in [1.807, 2.05) is 0 Å². The number of rotatable bonds is 1. The van der Waals surface area contributed by atoms with Crippen LogP contribution in [0, 0.1) is 5.41 Å². The smallest absolute Gasteiger partial charge is 0.290 e. The lowest BCUT2D eigenvalue weighted by Gasteiger charge is -2.15. The molecule has 3 nitrogen and oxygen atoms in total. The summed E-state index contributed by atoms with van der Waals surface area (Å²) in [4.78, 5) is 8.36. The Labute approximate surface area is 62.2 Å². The van der Waals surface area contributed by atoms with Gasteiger partial charge in [-0.15, -0.1) is 0 Å². The topological polar surface area (TPSA) is 63.3 Å². The zero-order valence-electron chi connectivity index (χ0n) is 6.92. The molecule has 0 aromatic carbocycles. The van der Waals surface area contributed by atoms with Gasteiger partial charge in [-0.2, -0.15) is 0 Å². The van der Waals surface area contributed by atoms with E-state index in [9.17, 15) is 0 Å². The highest BCUT2D eigenvalue weighted by molar-refractivity contribution is 5.32. The van der Waals surface area contributed by atoms with Gasteiger partial charge in [0.25, 0.3) is 6.47 Å². The Morgan fingerprint density at radius 3 is 1.80 bits per heavy atom. The maximum absolute atomic E-state index is 8.36. The van der Waals surface area contributed by atoms with E-state index in [0.717, 1.165) is 13.0 Å². The quantitative estimate of drug-likeness (QED) is 0.545. The van der Waals surface area contributed by atoms with Crippen LogP contribution in [0.25, 0.3) is 0 Å². The van der Waals surface area contributed by atoms with Crippen molar-refractivity contribution < 1.29 is 9.90 Å². The molecule has 0 aromatic heterocycles. The van der Waals surface area contributed by atoms with Crippen LogP contribution in [0.1, 0.15) is 27.2 Å². The van der Waals surface area contributed by atoms with Crippen LogP contribution in [0.5, 0.6) is 0 Å². The fourth-order valence-electron chi connectivity index (χ4n) is 0.433. The van der Waals surface area contributed by atoms with Gasteiger partial charge in [0, 0.05) is 0 Å². The molecule has 0 rings (SSSR count). The highest BCUT2D eigenvalue weighted by Crippen LogP contribution is 2.15. The van der Waals surface area contributed by atoms with Gasteiger partial charge in [-0.25, -0.2) is 0 Å². The second-order valence-corrected chi connectivity index (χ2v) is 3.20. The molecule has 0 aliphatic rings. The minimum Gasteiger partial charge on any atom is -0.483 e. The second kappa shape index (κ2) is 6.55. The summed E-state index contributed by atoms with van der Waals surface area (Å²) >= 11 is 0. The van der Waals surface area contributed by atoms with Crippen LogP contribution in [-0.4, -0.2) is 18.1 Å². The van der Waals surface area contributed by atoms with E-state index in [0.29, 0.717) is 5.41 Å². The van der Waals surface area contributed by atoms with Crippen LogP contribution < -0.4 is 5.73 Å². The summed E-state index contributed by atoms with van der Waals surface area (Å²) in [5.74, 6) is 0. The Morgan fingerprint density at radius 1 is 1.50 bits per heavy atom. The molecular formula is C7H17NO2. The second-order valence-electron chi connectivity index (χ2n) is 3.20. The average molecular weight is 147 g/mol. The summed E-state index contributed by atoms with van der Waals surface area (Å²) in [5.41, 5.74) is 5.74. The van der Waals surface area contributed by atoms with Crippen LogP contribution in [0.2, 0.25) is 0 Å². The van der Waals surface area contributed by atoms with Crippen LogP contribution in [0.4, 0.5) is 0 Å². The molecule has 10 heavy (non-hydrogen) atoms. The summed E-state index contributed by atoms with van der Waals surface area (Å²) in [6.45, 7) is 7.14. The molecule has 0 unspecified atom stereocenters. The molecule has 3 heteroatoms. The van der Waals surface area contributed by atoms with Crippen LogP contribution >= 0.6 is 0 Å². The van der Waals surface area contributed by atoms with E-state index in [4.69, 9.17) is 15.6 Å².